The maximum Gasteiger partial charge on any atom is 0.193 e. The van der Waals surface area contributed by atoms with Crippen molar-refractivity contribution >= 4 is 16.3 Å². The minimum absolute atomic E-state index is 0.835. The van der Waals surface area contributed by atoms with Crippen LogP contribution in [0, 0.1) is 0 Å². The summed E-state index contributed by atoms with van der Waals surface area (Å²) in [6.45, 7) is 1.82. The van der Waals surface area contributed by atoms with Crippen LogP contribution in [0.25, 0.3) is 4.96 Å². The number of nitrogens with one attached hydrogen (secondary N) is 1. The molecule has 0 aliphatic rings. The normalized spacial score (nSPS) is 11.1. The Morgan fingerprint density at radius 3 is 2.94 bits per heavy atom. The van der Waals surface area contributed by atoms with Gasteiger partial charge in [0, 0.05) is 24.3 Å². The van der Waals surface area contributed by atoms with Gasteiger partial charge < -0.3 is 5.32 Å². The van der Waals surface area contributed by atoms with Crippen LogP contribution in [-0.4, -0.2) is 15.9 Å². The number of imidazole rings is 1. The van der Waals surface area contributed by atoms with Crippen molar-refractivity contribution in [2.24, 2.45) is 0 Å². The first-order valence-corrected chi connectivity index (χ1v) is 6.95. The summed E-state index contributed by atoms with van der Waals surface area (Å²) in [5.74, 6) is 0. The molecule has 18 heavy (non-hydrogen) atoms. The molecule has 3 rings (SSSR count). The Hall–Kier alpha value is -1.65. The van der Waals surface area contributed by atoms with E-state index in [-0.39, 0.29) is 0 Å². The highest BCUT2D eigenvalue weighted by Crippen LogP contribution is 2.10. The molecule has 92 valence electrons. The summed E-state index contributed by atoms with van der Waals surface area (Å²) in [4.78, 5) is 5.60. The second kappa shape index (κ2) is 5.33. The summed E-state index contributed by atoms with van der Waals surface area (Å²) >= 11 is 1.67. The van der Waals surface area contributed by atoms with Crippen molar-refractivity contribution in [2.45, 2.75) is 13.0 Å². The largest absolute Gasteiger partial charge is 0.311 e. The molecule has 2 aromatic heterocycles. The molecule has 1 aromatic carbocycles. The van der Waals surface area contributed by atoms with E-state index in [9.17, 15) is 0 Å². The number of rotatable bonds is 5. The van der Waals surface area contributed by atoms with E-state index < -0.39 is 0 Å². The molecule has 0 aliphatic carbocycles. The molecular formula is C14H15N3S. The molecule has 0 spiro atoms. The minimum Gasteiger partial charge on any atom is -0.311 e. The van der Waals surface area contributed by atoms with Crippen molar-refractivity contribution < 1.29 is 0 Å². The maximum atomic E-state index is 4.54. The predicted octanol–water partition coefficient (Wildman–Crippen LogP) is 2.73. The molecule has 0 fully saturated rings. The molecule has 0 saturated heterocycles. The smallest absolute Gasteiger partial charge is 0.193 e. The molecule has 0 saturated carbocycles. The molecule has 1 N–H and O–H groups in total. The molecule has 0 radical (unpaired) electrons. The number of aromatic nitrogens is 2. The van der Waals surface area contributed by atoms with Crippen molar-refractivity contribution in [3.63, 3.8) is 0 Å². The summed E-state index contributed by atoms with van der Waals surface area (Å²) < 4.78 is 2.07. The Kier molecular flexibility index (Phi) is 3.39. The van der Waals surface area contributed by atoms with Crippen LogP contribution in [0.1, 0.15) is 11.3 Å². The van der Waals surface area contributed by atoms with Crippen molar-refractivity contribution in [1.29, 1.82) is 0 Å². The van der Waals surface area contributed by atoms with Gasteiger partial charge in [0.25, 0.3) is 0 Å². The topological polar surface area (TPSA) is 29.3 Å². The van der Waals surface area contributed by atoms with E-state index in [0.717, 1.165) is 30.2 Å². The van der Waals surface area contributed by atoms with Gasteiger partial charge in [-0.1, -0.05) is 30.3 Å². The number of thiazole rings is 1. The first-order chi connectivity index (χ1) is 8.92. The van der Waals surface area contributed by atoms with Crippen LogP contribution >= 0.6 is 11.3 Å². The van der Waals surface area contributed by atoms with Gasteiger partial charge in [-0.25, -0.2) is 4.98 Å². The summed E-state index contributed by atoms with van der Waals surface area (Å²) in [7, 11) is 0. The van der Waals surface area contributed by atoms with E-state index in [1.54, 1.807) is 11.3 Å². The van der Waals surface area contributed by atoms with Gasteiger partial charge in [0.2, 0.25) is 0 Å². The van der Waals surface area contributed by atoms with Crippen LogP contribution in [0.4, 0.5) is 0 Å². The average Bonchev–Trinajstić information content (AvgIpc) is 2.96. The van der Waals surface area contributed by atoms with Crippen LogP contribution in [0.5, 0.6) is 0 Å². The van der Waals surface area contributed by atoms with E-state index in [4.69, 9.17) is 0 Å². The molecule has 2 heterocycles. The lowest BCUT2D eigenvalue weighted by Gasteiger charge is -2.02. The quantitative estimate of drug-likeness (QED) is 0.712. The fourth-order valence-electron chi connectivity index (χ4n) is 1.96. The zero-order valence-corrected chi connectivity index (χ0v) is 10.9. The molecule has 0 unspecified atom stereocenters. The molecule has 0 atom stereocenters. The molecule has 0 aliphatic heterocycles. The fraction of sp³-hybridized carbons (Fsp3) is 0.214. The van der Waals surface area contributed by atoms with Crippen molar-refractivity contribution in [1.82, 2.24) is 14.7 Å². The third kappa shape index (κ3) is 2.60. The zero-order valence-electron chi connectivity index (χ0n) is 10.0. The lowest BCUT2D eigenvalue weighted by molar-refractivity contribution is 0.677. The molecule has 3 aromatic rings. The van der Waals surface area contributed by atoms with Gasteiger partial charge in [-0.15, -0.1) is 11.3 Å². The number of fused-ring (bicyclic) bond motifs is 1. The Labute approximate surface area is 110 Å². The zero-order chi connectivity index (χ0) is 12.2. The van der Waals surface area contributed by atoms with Crippen LogP contribution in [0.3, 0.4) is 0 Å². The summed E-state index contributed by atoms with van der Waals surface area (Å²) in [5.41, 5.74) is 2.48. The van der Waals surface area contributed by atoms with Crippen molar-refractivity contribution in [3.8, 4) is 0 Å². The van der Waals surface area contributed by atoms with Crippen LogP contribution in [-0.2, 0) is 13.0 Å². The number of benzene rings is 1. The first kappa shape index (κ1) is 11.4. The van der Waals surface area contributed by atoms with Crippen LogP contribution < -0.4 is 5.32 Å². The van der Waals surface area contributed by atoms with Crippen molar-refractivity contribution in [3.05, 3.63) is 59.4 Å². The van der Waals surface area contributed by atoms with Crippen LogP contribution in [0.15, 0.2) is 48.1 Å². The van der Waals surface area contributed by atoms with E-state index in [2.05, 4.69) is 56.6 Å². The van der Waals surface area contributed by atoms with E-state index in [0.29, 0.717) is 0 Å². The molecule has 0 amide bonds. The third-order valence-electron chi connectivity index (χ3n) is 2.88. The lowest BCUT2D eigenvalue weighted by Crippen LogP contribution is -2.16. The van der Waals surface area contributed by atoms with Gasteiger partial charge in [-0.05, 0) is 18.5 Å². The monoisotopic (exact) mass is 257 g/mol. The van der Waals surface area contributed by atoms with Gasteiger partial charge in [-0.2, -0.15) is 0 Å². The first-order valence-electron chi connectivity index (χ1n) is 6.07. The highest BCUT2D eigenvalue weighted by atomic mass is 32.1. The lowest BCUT2D eigenvalue weighted by atomic mass is 10.1. The SMILES string of the molecule is c1ccc(CCNCc2cn3ccsc3n2)cc1. The van der Waals surface area contributed by atoms with E-state index >= 15 is 0 Å². The van der Waals surface area contributed by atoms with E-state index in [1.807, 2.05) is 6.20 Å². The Morgan fingerprint density at radius 1 is 1.22 bits per heavy atom. The second-order valence-electron chi connectivity index (χ2n) is 4.24. The summed E-state index contributed by atoms with van der Waals surface area (Å²) in [5, 5.41) is 5.48. The van der Waals surface area contributed by atoms with Crippen LogP contribution in [0.2, 0.25) is 0 Å². The summed E-state index contributed by atoms with van der Waals surface area (Å²) in [6, 6.07) is 10.5. The molecular weight excluding hydrogens is 242 g/mol. The minimum atomic E-state index is 0.835. The highest BCUT2D eigenvalue weighted by Gasteiger charge is 2.01. The third-order valence-corrected chi connectivity index (χ3v) is 3.65. The molecule has 0 bridgehead atoms. The van der Waals surface area contributed by atoms with Gasteiger partial charge in [0.15, 0.2) is 4.96 Å². The van der Waals surface area contributed by atoms with Gasteiger partial charge in [0.1, 0.15) is 0 Å². The van der Waals surface area contributed by atoms with Gasteiger partial charge in [-0.3, -0.25) is 4.40 Å². The Balaban J connectivity index is 1.49. The second-order valence-corrected chi connectivity index (χ2v) is 5.11. The van der Waals surface area contributed by atoms with Crippen molar-refractivity contribution in [2.75, 3.05) is 6.54 Å². The Bertz CT molecular complexity index is 584. The standard InChI is InChI=1S/C14H15N3S/c1-2-4-12(5-3-1)6-7-15-10-13-11-17-8-9-18-14(17)16-13/h1-5,8-9,11,15H,6-7,10H2. The molecule has 4 heteroatoms. The van der Waals surface area contributed by atoms with Gasteiger partial charge in [0.05, 0.1) is 5.69 Å². The maximum absolute atomic E-state index is 4.54. The van der Waals surface area contributed by atoms with E-state index in [1.165, 1.54) is 5.56 Å². The molecule has 3 nitrogen and oxygen atoms in total. The highest BCUT2D eigenvalue weighted by molar-refractivity contribution is 7.15. The predicted molar refractivity (Wildman–Crippen MR) is 74.9 cm³/mol. The summed E-state index contributed by atoms with van der Waals surface area (Å²) in [6.07, 6.45) is 5.19. The van der Waals surface area contributed by atoms with Gasteiger partial charge >= 0.3 is 0 Å². The number of hydrogen-bond donors (Lipinski definition) is 1. The Morgan fingerprint density at radius 2 is 2.11 bits per heavy atom. The average molecular weight is 257 g/mol. The number of nitrogens with zero attached hydrogens (tertiary/aromatic N) is 2. The fourth-order valence-corrected chi connectivity index (χ4v) is 2.67. The number of hydrogen-bond acceptors (Lipinski definition) is 3.